The van der Waals surface area contributed by atoms with E-state index in [9.17, 15) is 9.18 Å². The Morgan fingerprint density at radius 2 is 1.52 bits per heavy atom. The van der Waals surface area contributed by atoms with Crippen LogP contribution in [0.25, 0.3) is 21.7 Å². The van der Waals surface area contributed by atoms with Crippen molar-refractivity contribution in [3.05, 3.63) is 60.4 Å². The normalized spacial score (nSPS) is 28.6. The van der Waals surface area contributed by atoms with E-state index in [0.717, 1.165) is 58.7 Å². The molecule has 4 aliphatic carbocycles. The molecule has 4 bridgehead atoms. The van der Waals surface area contributed by atoms with Crippen molar-refractivity contribution >= 4 is 22.4 Å². The van der Waals surface area contributed by atoms with Crippen LogP contribution in [-0.4, -0.2) is 10.9 Å². The van der Waals surface area contributed by atoms with E-state index >= 15 is 0 Å². The van der Waals surface area contributed by atoms with Gasteiger partial charge in [0.25, 0.3) is 0 Å². The predicted molar refractivity (Wildman–Crippen MR) is 122 cm³/mol. The van der Waals surface area contributed by atoms with Gasteiger partial charge in [0, 0.05) is 5.56 Å². The highest BCUT2D eigenvalue weighted by Gasteiger charge is 2.54. The first-order valence-electron chi connectivity index (χ1n) is 11.2. The van der Waals surface area contributed by atoms with Crippen LogP contribution in [0.5, 0.6) is 0 Å². The van der Waals surface area contributed by atoms with Crippen LogP contribution in [0.1, 0.15) is 38.5 Å². The van der Waals surface area contributed by atoms with Crippen molar-refractivity contribution in [3.8, 4) is 21.7 Å². The van der Waals surface area contributed by atoms with Crippen molar-refractivity contribution in [1.29, 1.82) is 0 Å². The molecule has 3 aromatic rings. The minimum absolute atomic E-state index is 0.158. The molecule has 4 aliphatic rings. The molecule has 5 heteroatoms. The summed E-state index contributed by atoms with van der Waals surface area (Å²) in [4.78, 5) is 19.3. The second-order valence-corrected chi connectivity index (χ2v) is 10.7. The fourth-order valence-electron chi connectivity index (χ4n) is 6.58. The number of nitrogens with zero attached hydrogens (tertiary/aromatic N) is 1. The van der Waals surface area contributed by atoms with Gasteiger partial charge >= 0.3 is 0 Å². The smallest absolute Gasteiger partial charge is 0.232 e. The molecule has 1 amide bonds. The summed E-state index contributed by atoms with van der Waals surface area (Å²) in [5.41, 5.74) is 2.49. The second kappa shape index (κ2) is 7.27. The molecular formula is C26H25FN2OS. The standard InChI is InChI=1S/C26H25FN2OS/c27-21-8-6-19(7-9-21)22-23(20-4-2-1-3-5-20)31-25(28-22)29-24(30)26-13-16-10-17(14-26)12-18(11-16)15-26/h1-9,16-18H,10-15H2,(H,28,29,30). The van der Waals surface area contributed by atoms with Crippen molar-refractivity contribution in [2.24, 2.45) is 23.2 Å². The van der Waals surface area contributed by atoms with Crippen molar-refractivity contribution in [3.63, 3.8) is 0 Å². The number of aromatic nitrogens is 1. The fourth-order valence-corrected chi connectivity index (χ4v) is 7.57. The van der Waals surface area contributed by atoms with E-state index in [4.69, 9.17) is 4.98 Å². The minimum atomic E-state index is -0.268. The Labute approximate surface area is 185 Å². The highest BCUT2D eigenvalue weighted by Crippen LogP contribution is 2.60. The fraction of sp³-hybridized carbons (Fsp3) is 0.385. The van der Waals surface area contributed by atoms with E-state index in [1.54, 1.807) is 12.1 Å². The minimum Gasteiger partial charge on any atom is -0.301 e. The number of nitrogens with one attached hydrogen (secondary N) is 1. The van der Waals surface area contributed by atoms with Crippen LogP contribution in [0, 0.1) is 29.0 Å². The van der Waals surface area contributed by atoms with Gasteiger partial charge in [0.1, 0.15) is 5.82 Å². The lowest BCUT2D eigenvalue weighted by Gasteiger charge is -2.55. The molecule has 31 heavy (non-hydrogen) atoms. The number of benzene rings is 2. The molecule has 1 aromatic heterocycles. The zero-order valence-electron chi connectivity index (χ0n) is 17.3. The molecule has 0 atom stereocenters. The lowest BCUT2D eigenvalue weighted by atomic mass is 9.49. The summed E-state index contributed by atoms with van der Waals surface area (Å²) >= 11 is 1.51. The number of hydrogen-bond donors (Lipinski definition) is 1. The van der Waals surface area contributed by atoms with E-state index in [1.165, 1.54) is 42.7 Å². The number of rotatable bonds is 4. The number of carbonyl (C=O) groups excluding carboxylic acids is 1. The van der Waals surface area contributed by atoms with Gasteiger partial charge in [-0.05, 0) is 86.1 Å². The van der Waals surface area contributed by atoms with Crippen LogP contribution in [0.3, 0.4) is 0 Å². The zero-order valence-corrected chi connectivity index (χ0v) is 18.1. The number of hydrogen-bond acceptors (Lipinski definition) is 3. The third-order valence-electron chi connectivity index (χ3n) is 7.52. The van der Waals surface area contributed by atoms with E-state index in [-0.39, 0.29) is 17.1 Å². The molecule has 3 nitrogen and oxygen atoms in total. The number of thiazole rings is 1. The third-order valence-corrected chi connectivity index (χ3v) is 8.54. The van der Waals surface area contributed by atoms with Crippen molar-refractivity contribution in [2.45, 2.75) is 38.5 Å². The van der Waals surface area contributed by atoms with Crippen LogP contribution in [-0.2, 0) is 4.79 Å². The first-order valence-corrected chi connectivity index (χ1v) is 12.0. The first-order chi connectivity index (χ1) is 15.1. The van der Waals surface area contributed by atoms with Crippen molar-refractivity contribution < 1.29 is 9.18 Å². The molecule has 0 radical (unpaired) electrons. The van der Waals surface area contributed by atoms with Crippen LogP contribution in [0.2, 0.25) is 0 Å². The second-order valence-electron chi connectivity index (χ2n) is 9.72. The van der Waals surface area contributed by atoms with Gasteiger partial charge in [-0.15, -0.1) is 0 Å². The lowest BCUT2D eigenvalue weighted by molar-refractivity contribution is -0.140. The molecule has 0 unspecified atom stereocenters. The quantitative estimate of drug-likeness (QED) is 0.494. The number of amides is 1. The summed E-state index contributed by atoms with van der Waals surface area (Å²) in [6, 6.07) is 16.5. The van der Waals surface area contributed by atoms with Gasteiger partial charge in [-0.1, -0.05) is 41.7 Å². The maximum absolute atomic E-state index is 13.5. The Morgan fingerprint density at radius 1 is 0.903 bits per heavy atom. The van der Waals surface area contributed by atoms with Gasteiger partial charge in [-0.3, -0.25) is 4.79 Å². The molecule has 0 spiro atoms. The topological polar surface area (TPSA) is 42.0 Å². The summed E-state index contributed by atoms with van der Waals surface area (Å²) in [5, 5.41) is 3.84. The number of carbonyl (C=O) groups is 1. The first kappa shape index (κ1) is 19.2. The molecule has 0 saturated heterocycles. The summed E-state index contributed by atoms with van der Waals surface area (Å²) in [7, 11) is 0. The van der Waals surface area contributed by atoms with E-state index < -0.39 is 0 Å². The molecular weight excluding hydrogens is 407 g/mol. The largest absolute Gasteiger partial charge is 0.301 e. The Balaban J connectivity index is 1.34. The summed E-state index contributed by atoms with van der Waals surface area (Å²) in [5.74, 6) is 2.06. The van der Waals surface area contributed by atoms with E-state index in [0.29, 0.717) is 5.13 Å². The molecule has 4 fully saturated rings. The van der Waals surface area contributed by atoms with Crippen LogP contribution < -0.4 is 5.32 Å². The van der Waals surface area contributed by atoms with E-state index in [2.05, 4.69) is 5.32 Å². The highest BCUT2D eigenvalue weighted by atomic mass is 32.1. The van der Waals surface area contributed by atoms with Gasteiger partial charge in [0.05, 0.1) is 16.0 Å². The molecule has 1 N–H and O–H groups in total. The van der Waals surface area contributed by atoms with Crippen molar-refractivity contribution in [2.75, 3.05) is 5.32 Å². The monoisotopic (exact) mass is 432 g/mol. The van der Waals surface area contributed by atoms with Crippen LogP contribution in [0.15, 0.2) is 54.6 Å². The average molecular weight is 433 g/mol. The Kier molecular flexibility index (Phi) is 4.49. The van der Waals surface area contributed by atoms with Crippen LogP contribution in [0.4, 0.5) is 9.52 Å². The Hall–Kier alpha value is -2.53. The SMILES string of the molecule is O=C(Nc1nc(-c2ccc(F)cc2)c(-c2ccccc2)s1)C12CC3CC(CC(C3)C1)C2. The molecule has 7 rings (SSSR count). The molecule has 158 valence electrons. The molecule has 2 aromatic carbocycles. The summed E-state index contributed by atoms with van der Waals surface area (Å²) in [6.07, 6.45) is 7.05. The maximum Gasteiger partial charge on any atom is 0.232 e. The van der Waals surface area contributed by atoms with E-state index in [1.807, 2.05) is 30.3 Å². The predicted octanol–water partition coefficient (Wildman–Crippen LogP) is 6.77. The highest BCUT2D eigenvalue weighted by molar-refractivity contribution is 7.19. The van der Waals surface area contributed by atoms with Gasteiger partial charge in [0.15, 0.2) is 5.13 Å². The zero-order chi connectivity index (χ0) is 21.0. The van der Waals surface area contributed by atoms with Crippen LogP contribution >= 0.6 is 11.3 Å². The Morgan fingerprint density at radius 3 is 2.13 bits per heavy atom. The number of halogens is 1. The van der Waals surface area contributed by atoms with Gasteiger partial charge in [-0.25, -0.2) is 9.37 Å². The molecule has 1 heterocycles. The maximum atomic E-state index is 13.5. The van der Waals surface area contributed by atoms with Gasteiger partial charge < -0.3 is 5.32 Å². The van der Waals surface area contributed by atoms with Crippen molar-refractivity contribution in [1.82, 2.24) is 4.98 Å². The summed E-state index contributed by atoms with van der Waals surface area (Å²) in [6.45, 7) is 0. The Bertz CT molecular complexity index is 1090. The van der Waals surface area contributed by atoms with Gasteiger partial charge in [-0.2, -0.15) is 0 Å². The summed E-state index contributed by atoms with van der Waals surface area (Å²) < 4.78 is 13.5. The molecule has 4 saturated carbocycles. The number of anilines is 1. The average Bonchev–Trinajstić information content (AvgIpc) is 3.18. The lowest BCUT2D eigenvalue weighted by Crippen LogP contribution is -2.51. The molecule has 0 aliphatic heterocycles. The third kappa shape index (κ3) is 3.39. The van der Waals surface area contributed by atoms with Gasteiger partial charge in [0.2, 0.25) is 5.91 Å².